The molecule has 0 bridgehead atoms. The molecule has 4 rings (SSSR count). The fourth-order valence-corrected chi connectivity index (χ4v) is 6.31. The van der Waals surface area contributed by atoms with Crippen LogP contribution in [0.2, 0.25) is 5.02 Å². The number of anilines is 1. The molecule has 1 aliphatic rings. The van der Waals surface area contributed by atoms with Crippen molar-refractivity contribution in [2.45, 2.75) is 10.9 Å². The number of nitrogens with zero attached hydrogens (tertiary/aromatic N) is 2. The number of amides is 1. The molecule has 2 heterocycles. The SMILES string of the molecule is Cl.O=C(NCC(c1cccs1)N1CCOCC1)c1ccccc1NS(=O)(=O)c1cc([N+](=O)[O-])ccc1Cl. The summed E-state index contributed by atoms with van der Waals surface area (Å²) in [4.78, 5) is 26.4. The molecular weight excluding hydrogens is 563 g/mol. The highest BCUT2D eigenvalue weighted by molar-refractivity contribution is 7.92. The van der Waals surface area contributed by atoms with E-state index in [1.54, 1.807) is 23.5 Å². The third-order valence-corrected chi connectivity index (χ3v) is 8.47. The van der Waals surface area contributed by atoms with Crippen molar-refractivity contribution in [1.29, 1.82) is 0 Å². The van der Waals surface area contributed by atoms with Gasteiger partial charge < -0.3 is 10.1 Å². The monoisotopic (exact) mass is 586 g/mol. The quantitative estimate of drug-likeness (QED) is 0.281. The molecule has 0 aliphatic carbocycles. The van der Waals surface area contributed by atoms with Crippen molar-refractivity contribution >= 4 is 62.7 Å². The first kappa shape index (κ1) is 28.8. The van der Waals surface area contributed by atoms with E-state index in [2.05, 4.69) is 14.9 Å². The Morgan fingerprint density at radius 2 is 1.89 bits per heavy atom. The number of benzene rings is 2. The van der Waals surface area contributed by atoms with Gasteiger partial charge in [-0.25, -0.2) is 8.42 Å². The number of sulfonamides is 1. The van der Waals surface area contributed by atoms with E-state index < -0.39 is 31.4 Å². The van der Waals surface area contributed by atoms with Crippen molar-refractivity contribution < 1.29 is 22.9 Å². The molecule has 1 saturated heterocycles. The molecule has 2 aromatic carbocycles. The highest BCUT2D eigenvalue weighted by Crippen LogP contribution is 2.29. The fraction of sp³-hybridized carbons (Fsp3) is 0.261. The summed E-state index contributed by atoms with van der Waals surface area (Å²) in [5, 5.41) is 15.8. The van der Waals surface area contributed by atoms with Crippen molar-refractivity contribution in [1.82, 2.24) is 10.2 Å². The van der Waals surface area contributed by atoms with E-state index in [4.69, 9.17) is 16.3 Å². The van der Waals surface area contributed by atoms with Crippen LogP contribution in [-0.2, 0) is 14.8 Å². The van der Waals surface area contributed by atoms with Crippen LogP contribution < -0.4 is 10.0 Å². The number of thiophene rings is 1. The summed E-state index contributed by atoms with van der Waals surface area (Å²) < 4.78 is 33.9. The molecule has 0 saturated carbocycles. The molecule has 14 heteroatoms. The molecule has 1 fully saturated rings. The van der Waals surface area contributed by atoms with Gasteiger partial charge in [-0.3, -0.25) is 24.5 Å². The lowest BCUT2D eigenvalue weighted by Crippen LogP contribution is -2.43. The number of non-ortho nitro benzene ring substituents is 1. The second-order valence-corrected chi connectivity index (χ2v) is 10.9. The number of morpholine rings is 1. The Bertz CT molecular complexity index is 1350. The van der Waals surface area contributed by atoms with Gasteiger partial charge in [0, 0.05) is 36.6 Å². The molecule has 0 spiro atoms. The predicted molar refractivity (Wildman–Crippen MR) is 144 cm³/mol. The van der Waals surface area contributed by atoms with Crippen LogP contribution in [0.25, 0.3) is 0 Å². The largest absolute Gasteiger partial charge is 0.379 e. The zero-order chi connectivity index (χ0) is 25.7. The van der Waals surface area contributed by atoms with Crippen LogP contribution in [-0.4, -0.2) is 57.0 Å². The van der Waals surface area contributed by atoms with Crippen molar-refractivity contribution in [2.75, 3.05) is 37.6 Å². The first-order valence-corrected chi connectivity index (χ1v) is 13.7. The minimum Gasteiger partial charge on any atom is -0.379 e. The number of hydrogen-bond acceptors (Lipinski definition) is 8. The number of rotatable bonds is 9. The summed E-state index contributed by atoms with van der Waals surface area (Å²) in [7, 11) is -4.33. The van der Waals surface area contributed by atoms with E-state index in [1.807, 2.05) is 17.5 Å². The number of carbonyl (C=O) groups excluding carboxylic acids is 1. The molecule has 0 radical (unpaired) electrons. The first-order chi connectivity index (χ1) is 17.3. The minimum absolute atomic E-state index is 0. The lowest BCUT2D eigenvalue weighted by atomic mass is 10.1. The van der Waals surface area contributed by atoms with Gasteiger partial charge in [-0.15, -0.1) is 23.7 Å². The molecular formula is C23H24Cl2N4O6S2. The van der Waals surface area contributed by atoms with Crippen LogP contribution in [0.1, 0.15) is 21.3 Å². The molecule has 1 aromatic heterocycles. The number of nitro benzene ring substituents is 1. The van der Waals surface area contributed by atoms with Crippen LogP contribution in [0.3, 0.4) is 0 Å². The summed E-state index contributed by atoms with van der Waals surface area (Å²) in [6.07, 6.45) is 0. The number of nitrogens with one attached hydrogen (secondary N) is 2. The second kappa shape index (κ2) is 12.7. The van der Waals surface area contributed by atoms with Gasteiger partial charge in [-0.05, 0) is 29.6 Å². The summed E-state index contributed by atoms with van der Waals surface area (Å²) >= 11 is 7.63. The molecule has 3 aromatic rings. The fourth-order valence-electron chi connectivity index (χ4n) is 3.85. The maximum Gasteiger partial charge on any atom is 0.270 e. The van der Waals surface area contributed by atoms with Crippen molar-refractivity contribution in [3.05, 3.63) is 85.6 Å². The lowest BCUT2D eigenvalue weighted by Gasteiger charge is -2.34. The summed E-state index contributed by atoms with van der Waals surface area (Å²) in [6.45, 7) is 3.01. The summed E-state index contributed by atoms with van der Waals surface area (Å²) in [5.41, 5.74) is -0.292. The summed E-state index contributed by atoms with van der Waals surface area (Å²) in [6, 6.07) is 13.2. The standard InChI is InChI=1S/C23H23ClN4O6S2.ClH/c24-18-8-7-16(28(30)31)14-22(18)36(32,33)26-19-5-2-1-4-17(19)23(29)25-15-20(21-6-3-13-35-21)27-9-11-34-12-10-27;/h1-8,13-14,20,26H,9-12,15H2,(H,25,29);1H. The lowest BCUT2D eigenvalue weighted by molar-refractivity contribution is -0.385. The normalized spacial score (nSPS) is 14.8. The van der Waals surface area contributed by atoms with E-state index in [-0.39, 0.29) is 34.7 Å². The van der Waals surface area contributed by atoms with Gasteiger partial charge in [0.05, 0.1) is 40.5 Å². The second-order valence-electron chi connectivity index (χ2n) is 7.91. The smallest absolute Gasteiger partial charge is 0.270 e. The Morgan fingerprint density at radius 1 is 1.16 bits per heavy atom. The van der Waals surface area contributed by atoms with Crippen LogP contribution in [0, 0.1) is 10.1 Å². The Kier molecular flexibility index (Phi) is 9.87. The number of carbonyl (C=O) groups is 1. The maximum atomic E-state index is 13.2. The molecule has 198 valence electrons. The van der Waals surface area contributed by atoms with Crippen molar-refractivity contribution in [3.8, 4) is 0 Å². The van der Waals surface area contributed by atoms with E-state index in [1.165, 1.54) is 12.1 Å². The van der Waals surface area contributed by atoms with Gasteiger partial charge in [0.25, 0.3) is 21.6 Å². The van der Waals surface area contributed by atoms with Crippen LogP contribution in [0.5, 0.6) is 0 Å². The number of hydrogen-bond donors (Lipinski definition) is 2. The van der Waals surface area contributed by atoms with E-state index in [9.17, 15) is 23.3 Å². The topological polar surface area (TPSA) is 131 Å². The third kappa shape index (κ3) is 6.98. The van der Waals surface area contributed by atoms with Gasteiger partial charge in [0.1, 0.15) is 4.90 Å². The molecule has 10 nitrogen and oxygen atoms in total. The van der Waals surface area contributed by atoms with Crippen LogP contribution in [0.15, 0.2) is 64.9 Å². The predicted octanol–water partition coefficient (Wildman–Crippen LogP) is 4.34. The summed E-state index contributed by atoms with van der Waals surface area (Å²) in [5.74, 6) is -0.465. The molecule has 1 amide bonds. The zero-order valence-electron chi connectivity index (χ0n) is 19.3. The first-order valence-electron chi connectivity index (χ1n) is 11.0. The maximum absolute atomic E-state index is 13.2. The highest BCUT2D eigenvalue weighted by Gasteiger charge is 2.26. The Balaban J connectivity index is 0.00000380. The number of halogens is 2. The molecule has 37 heavy (non-hydrogen) atoms. The van der Waals surface area contributed by atoms with Crippen LogP contribution in [0.4, 0.5) is 11.4 Å². The number of ether oxygens (including phenoxy) is 1. The Labute approximate surface area is 229 Å². The van der Waals surface area contributed by atoms with E-state index in [0.717, 1.165) is 36.2 Å². The van der Waals surface area contributed by atoms with Crippen molar-refractivity contribution in [2.24, 2.45) is 0 Å². The molecule has 2 N–H and O–H groups in total. The minimum atomic E-state index is -4.33. The van der Waals surface area contributed by atoms with Crippen molar-refractivity contribution in [3.63, 3.8) is 0 Å². The van der Waals surface area contributed by atoms with E-state index >= 15 is 0 Å². The number of nitro groups is 1. The molecule has 1 atom stereocenters. The Morgan fingerprint density at radius 3 is 2.57 bits per heavy atom. The molecule has 1 aliphatic heterocycles. The van der Waals surface area contributed by atoms with E-state index in [0.29, 0.717) is 19.8 Å². The van der Waals surface area contributed by atoms with Gasteiger partial charge >= 0.3 is 0 Å². The van der Waals surface area contributed by atoms with Crippen LogP contribution >= 0.6 is 35.3 Å². The zero-order valence-corrected chi connectivity index (χ0v) is 22.5. The highest BCUT2D eigenvalue weighted by atomic mass is 35.5. The van der Waals surface area contributed by atoms with Gasteiger partial charge in [0.2, 0.25) is 0 Å². The average Bonchev–Trinajstić information content (AvgIpc) is 3.39. The Hall–Kier alpha value is -2.74. The van der Waals surface area contributed by atoms with Gasteiger partial charge in [-0.2, -0.15) is 0 Å². The molecule has 1 unspecified atom stereocenters. The average molecular weight is 588 g/mol. The number of para-hydroxylation sites is 1. The van der Waals surface area contributed by atoms with Gasteiger partial charge in [-0.1, -0.05) is 29.8 Å². The van der Waals surface area contributed by atoms with Gasteiger partial charge in [0.15, 0.2) is 0 Å². The third-order valence-electron chi connectivity index (χ3n) is 5.65.